The predicted octanol–water partition coefficient (Wildman–Crippen LogP) is 3.08. The third kappa shape index (κ3) is 3.89. The fourth-order valence-corrected chi connectivity index (χ4v) is 2.12. The molecule has 0 radical (unpaired) electrons. The smallest absolute Gasteiger partial charge is 0.138 e. The molecule has 2 atom stereocenters. The monoisotopic (exact) mass is 273 g/mol. The molecule has 0 saturated heterocycles. The van der Waals surface area contributed by atoms with E-state index >= 15 is 0 Å². The molecule has 0 aromatic heterocycles. The number of hydrogen-bond donors (Lipinski definition) is 2. The van der Waals surface area contributed by atoms with Crippen LogP contribution in [-0.4, -0.2) is 23.9 Å². The standard InChI is InChI=1S/C17H20FNO/c1-13(20)16(18)12-19-17(14-8-4-2-5-9-14)15-10-6-3-7-11-15/h2-11,13,16-17,19-20H,12H2,1H3. The lowest BCUT2D eigenvalue weighted by molar-refractivity contribution is 0.0913. The number of aliphatic hydroxyl groups is 1. The first kappa shape index (κ1) is 14.7. The van der Waals surface area contributed by atoms with E-state index in [0.717, 1.165) is 11.1 Å². The van der Waals surface area contributed by atoms with E-state index in [9.17, 15) is 9.50 Å². The molecule has 0 heterocycles. The molecular formula is C17H20FNO. The lowest BCUT2D eigenvalue weighted by Crippen LogP contribution is -2.34. The van der Waals surface area contributed by atoms with Crippen LogP contribution in [0.2, 0.25) is 0 Å². The van der Waals surface area contributed by atoms with Crippen LogP contribution in [0.25, 0.3) is 0 Å². The van der Waals surface area contributed by atoms with Crippen LogP contribution >= 0.6 is 0 Å². The summed E-state index contributed by atoms with van der Waals surface area (Å²) in [7, 11) is 0. The second kappa shape index (κ2) is 7.17. The van der Waals surface area contributed by atoms with Crippen LogP contribution in [0.5, 0.6) is 0 Å². The van der Waals surface area contributed by atoms with Crippen LogP contribution < -0.4 is 5.32 Å². The van der Waals surface area contributed by atoms with Crippen LogP contribution in [0.4, 0.5) is 4.39 Å². The van der Waals surface area contributed by atoms with E-state index < -0.39 is 12.3 Å². The Balaban J connectivity index is 2.17. The summed E-state index contributed by atoms with van der Waals surface area (Å²) in [6, 6.07) is 19.8. The van der Waals surface area contributed by atoms with E-state index in [-0.39, 0.29) is 12.6 Å². The summed E-state index contributed by atoms with van der Waals surface area (Å²) in [5, 5.41) is 12.5. The van der Waals surface area contributed by atoms with Crippen molar-refractivity contribution in [3.63, 3.8) is 0 Å². The highest BCUT2D eigenvalue weighted by atomic mass is 19.1. The van der Waals surface area contributed by atoms with E-state index in [4.69, 9.17) is 0 Å². The van der Waals surface area contributed by atoms with Gasteiger partial charge in [0.25, 0.3) is 0 Å². The number of halogens is 1. The number of hydrogen-bond acceptors (Lipinski definition) is 2. The Kier molecular flexibility index (Phi) is 5.27. The molecule has 0 amide bonds. The normalized spacial score (nSPS) is 14.2. The number of nitrogens with one attached hydrogen (secondary N) is 1. The van der Waals surface area contributed by atoms with Crippen LogP contribution in [0, 0.1) is 0 Å². The van der Waals surface area contributed by atoms with Crippen LogP contribution in [0.3, 0.4) is 0 Å². The zero-order chi connectivity index (χ0) is 14.4. The average Bonchev–Trinajstić information content (AvgIpc) is 2.49. The molecule has 0 bridgehead atoms. The van der Waals surface area contributed by atoms with Crippen molar-refractivity contribution in [3.8, 4) is 0 Å². The van der Waals surface area contributed by atoms with Gasteiger partial charge in [-0.1, -0.05) is 60.7 Å². The van der Waals surface area contributed by atoms with Crippen molar-refractivity contribution in [2.24, 2.45) is 0 Å². The molecule has 2 aromatic carbocycles. The van der Waals surface area contributed by atoms with Gasteiger partial charge in [-0.15, -0.1) is 0 Å². The summed E-state index contributed by atoms with van der Waals surface area (Å²) in [4.78, 5) is 0. The van der Waals surface area contributed by atoms with E-state index in [1.165, 1.54) is 6.92 Å². The van der Waals surface area contributed by atoms with Crippen molar-refractivity contribution in [1.82, 2.24) is 5.32 Å². The molecule has 2 N–H and O–H groups in total. The van der Waals surface area contributed by atoms with Crippen molar-refractivity contribution >= 4 is 0 Å². The van der Waals surface area contributed by atoms with Crippen molar-refractivity contribution < 1.29 is 9.50 Å². The highest BCUT2D eigenvalue weighted by molar-refractivity contribution is 5.31. The lowest BCUT2D eigenvalue weighted by Gasteiger charge is -2.22. The van der Waals surface area contributed by atoms with Gasteiger partial charge >= 0.3 is 0 Å². The Labute approximate surface area is 119 Å². The second-order valence-electron chi connectivity index (χ2n) is 4.92. The molecule has 0 aliphatic heterocycles. The fourth-order valence-electron chi connectivity index (χ4n) is 2.12. The van der Waals surface area contributed by atoms with Gasteiger partial charge < -0.3 is 10.4 Å². The molecule has 2 aromatic rings. The molecule has 2 nitrogen and oxygen atoms in total. The van der Waals surface area contributed by atoms with E-state index in [1.807, 2.05) is 60.7 Å². The molecular weight excluding hydrogens is 253 g/mol. The van der Waals surface area contributed by atoms with Gasteiger partial charge in [0.1, 0.15) is 6.17 Å². The maximum Gasteiger partial charge on any atom is 0.138 e. The molecule has 20 heavy (non-hydrogen) atoms. The first-order chi connectivity index (χ1) is 9.68. The second-order valence-corrected chi connectivity index (χ2v) is 4.92. The van der Waals surface area contributed by atoms with E-state index in [2.05, 4.69) is 5.32 Å². The SMILES string of the molecule is CC(O)C(F)CNC(c1ccccc1)c1ccccc1. The third-order valence-electron chi connectivity index (χ3n) is 3.31. The summed E-state index contributed by atoms with van der Waals surface area (Å²) in [6.07, 6.45) is -2.24. The minimum Gasteiger partial charge on any atom is -0.390 e. The lowest BCUT2D eigenvalue weighted by atomic mass is 9.98. The Morgan fingerprint density at radius 3 is 1.80 bits per heavy atom. The highest BCUT2D eigenvalue weighted by Crippen LogP contribution is 2.21. The molecule has 0 fully saturated rings. The van der Waals surface area contributed by atoms with E-state index in [1.54, 1.807) is 0 Å². The summed E-state index contributed by atoms with van der Waals surface area (Å²) >= 11 is 0. The number of benzene rings is 2. The van der Waals surface area contributed by atoms with Crippen molar-refractivity contribution in [1.29, 1.82) is 0 Å². The number of aliphatic hydroxyl groups excluding tert-OH is 1. The Morgan fingerprint density at radius 1 is 0.950 bits per heavy atom. The van der Waals surface area contributed by atoms with Gasteiger partial charge in [0.15, 0.2) is 0 Å². The minimum absolute atomic E-state index is 0.0746. The zero-order valence-corrected chi connectivity index (χ0v) is 11.5. The van der Waals surface area contributed by atoms with Crippen molar-refractivity contribution in [2.75, 3.05) is 6.54 Å². The fraction of sp³-hybridized carbons (Fsp3) is 0.294. The van der Waals surface area contributed by atoms with Gasteiger partial charge in [0.05, 0.1) is 12.1 Å². The molecule has 0 saturated carbocycles. The predicted molar refractivity (Wildman–Crippen MR) is 79.3 cm³/mol. The largest absolute Gasteiger partial charge is 0.390 e. The maximum atomic E-state index is 13.6. The van der Waals surface area contributed by atoms with Gasteiger partial charge in [-0.3, -0.25) is 0 Å². The van der Waals surface area contributed by atoms with E-state index in [0.29, 0.717) is 0 Å². The molecule has 2 rings (SSSR count). The first-order valence-electron chi connectivity index (χ1n) is 6.84. The zero-order valence-electron chi connectivity index (χ0n) is 11.5. The van der Waals surface area contributed by atoms with Gasteiger partial charge in [0, 0.05) is 6.54 Å². The van der Waals surface area contributed by atoms with Crippen LogP contribution in [0.15, 0.2) is 60.7 Å². The van der Waals surface area contributed by atoms with Gasteiger partial charge in [-0.05, 0) is 18.1 Å². The summed E-state index contributed by atoms with van der Waals surface area (Å²) < 4.78 is 13.6. The molecule has 3 heteroatoms. The Bertz CT molecular complexity index is 461. The summed E-state index contributed by atoms with van der Waals surface area (Å²) in [5.74, 6) is 0. The molecule has 106 valence electrons. The van der Waals surface area contributed by atoms with Crippen molar-refractivity contribution in [3.05, 3.63) is 71.8 Å². The molecule has 2 unspecified atom stereocenters. The quantitative estimate of drug-likeness (QED) is 0.847. The summed E-state index contributed by atoms with van der Waals surface area (Å²) in [5.41, 5.74) is 2.16. The number of rotatable bonds is 6. The topological polar surface area (TPSA) is 32.3 Å². The third-order valence-corrected chi connectivity index (χ3v) is 3.31. The Hall–Kier alpha value is -1.71. The molecule has 0 aliphatic carbocycles. The minimum atomic E-state index is -1.27. The molecule has 0 spiro atoms. The van der Waals surface area contributed by atoms with Gasteiger partial charge in [0.2, 0.25) is 0 Å². The average molecular weight is 273 g/mol. The van der Waals surface area contributed by atoms with Gasteiger partial charge in [-0.2, -0.15) is 0 Å². The highest BCUT2D eigenvalue weighted by Gasteiger charge is 2.18. The van der Waals surface area contributed by atoms with Crippen LogP contribution in [-0.2, 0) is 0 Å². The molecule has 0 aliphatic rings. The van der Waals surface area contributed by atoms with Crippen molar-refractivity contribution in [2.45, 2.75) is 25.2 Å². The Morgan fingerprint density at radius 2 is 1.40 bits per heavy atom. The first-order valence-corrected chi connectivity index (χ1v) is 6.84. The number of alkyl halides is 1. The van der Waals surface area contributed by atoms with Crippen LogP contribution in [0.1, 0.15) is 24.1 Å². The maximum absolute atomic E-state index is 13.6. The van der Waals surface area contributed by atoms with Gasteiger partial charge in [-0.25, -0.2) is 4.39 Å². The summed E-state index contributed by atoms with van der Waals surface area (Å²) in [6.45, 7) is 1.58.